The number of aromatic nitrogens is 4. The van der Waals surface area contributed by atoms with Gasteiger partial charge in [0.1, 0.15) is 5.75 Å². The maximum absolute atomic E-state index is 12.9. The van der Waals surface area contributed by atoms with E-state index in [4.69, 9.17) is 14.5 Å². The summed E-state index contributed by atoms with van der Waals surface area (Å²) in [4.78, 5) is 33.9. The molecule has 0 unspecified atom stereocenters. The lowest BCUT2D eigenvalue weighted by atomic mass is 9.90. The van der Waals surface area contributed by atoms with E-state index in [-0.39, 0.29) is 30.8 Å². The molecule has 5 rings (SSSR count). The Hall–Kier alpha value is -3.75. The van der Waals surface area contributed by atoms with Gasteiger partial charge in [0, 0.05) is 24.2 Å². The Labute approximate surface area is 197 Å². The number of carbonyl (C=O) groups is 2. The van der Waals surface area contributed by atoms with E-state index in [1.807, 2.05) is 18.3 Å². The molecule has 0 spiro atoms. The third kappa shape index (κ3) is 4.25. The molecule has 1 fully saturated rings. The van der Waals surface area contributed by atoms with Crippen molar-refractivity contribution in [2.24, 2.45) is 0 Å². The Balaban J connectivity index is 1.44. The van der Waals surface area contributed by atoms with E-state index >= 15 is 0 Å². The fourth-order valence-electron chi connectivity index (χ4n) is 4.35. The fourth-order valence-corrected chi connectivity index (χ4v) is 4.35. The van der Waals surface area contributed by atoms with Crippen LogP contribution in [0.25, 0.3) is 17.2 Å². The van der Waals surface area contributed by atoms with E-state index in [9.17, 15) is 9.59 Å². The Kier molecular flexibility index (Phi) is 6.00. The summed E-state index contributed by atoms with van der Waals surface area (Å²) in [7, 11) is 1.65. The third-order valence-corrected chi connectivity index (χ3v) is 6.21. The molecule has 0 bridgehead atoms. The second-order valence-corrected chi connectivity index (χ2v) is 8.51. The van der Waals surface area contributed by atoms with E-state index in [0.717, 1.165) is 53.9 Å². The molecule has 0 saturated heterocycles. The summed E-state index contributed by atoms with van der Waals surface area (Å²) < 4.78 is 12.0. The van der Waals surface area contributed by atoms with E-state index in [1.54, 1.807) is 24.9 Å². The molecule has 0 radical (unpaired) electrons. The van der Waals surface area contributed by atoms with Crippen molar-refractivity contribution in [3.05, 3.63) is 53.0 Å². The van der Waals surface area contributed by atoms with Gasteiger partial charge in [-0.3, -0.25) is 9.59 Å². The van der Waals surface area contributed by atoms with E-state index in [0.29, 0.717) is 18.1 Å². The van der Waals surface area contributed by atoms with Crippen LogP contribution in [0.5, 0.6) is 5.75 Å². The summed E-state index contributed by atoms with van der Waals surface area (Å²) in [6, 6.07) is 6.07. The van der Waals surface area contributed by atoms with E-state index in [1.165, 1.54) is 5.56 Å². The van der Waals surface area contributed by atoms with Crippen LogP contribution in [0.3, 0.4) is 0 Å². The number of methoxy groups -OCH3 is 1. The molecule has 0 aliphatic heterocycles. The fraction of sp³-hybridized carbons (Fsp3) is 0.400. The Morgan fingerprint density at radius 1 is 1.18 bits per heavy atom. The van der Waals surface area contributed by atoms with Gasteiger partial charge in [0.2, 0.25) is 0 Å². The van der Waals surface area contributed by atoms with Crippen molar-refractivity contribution in [2.45, 2.75) is 44.9 Å². The standard InChI is InChI=1S/C25H27N5O4/c1-3-34-21(31)10-11-26-24(32)20-14-28-30(23(20)16-5-6-16)25-27-13-17-7-4-15-8-9-18(33-2)12-19(15)22(17)29-25/h8-9,12-14,16H,3-7,10-11H2,1-2H3,(H,26,32). The van der Waals surface area contributed by atoms with Crippen LogP contribution in [0.1, 0.15) is 59.3 Å². The molecule has 1 aromatic carbocycles. The van der Waals surface area contributed by atoms with Crippen LogP contribution in [0.15, 0.2) is 30.6 Å². The molecular weight excluding hydrogens is 434 g/mol. The lowest BCUT2D eigenvalue weighted by Gasteiger charge is -2.20. The molecule has 0 atom stereocenters. The largest absolute Gasteiger partial charge is 0.497 e. The highest BCUT2D eigenvalue weighted by Gasteiger charge is 2.34. The zero-order valence-electron chi connectivity index (χ0n) is 19.3. The first-order valence-corrected chi connectivity index (χ1v) is 11.6. The van der Waals surface area contributed by atoms with Crippen LogP contribution in [0.4, 0.5) is 0 Å². The van der Waals surface area contributed by atoms with Crippen molar-refractivity contribution in [1.82, 2.24) is 25.1 Å². The number of amides is 1. The van der Waals surface area contributed by atoms with Gasteiger partial charge in [-0.1, -0.05) is 6.07 Å². The molecule has 2 aromatic heterocycles. The molecule has 2 heterocycles. The van der Waals surface area contributed by atoms with Gasteiger partial charge >= 0.3 is 5.97 Å². The molecule has 1 amide bonds. The van der Waals surface area contributed by atoms with Gasteiger partial charge in [0.25, 0.3) is 11.9 Å². The van der Waals surface area contributed by atoms with E-state index in [2.05, 4.69) is 21.5 Å². The molecule has 34 heavy (non-hydrogen) atoms. The smallest absolute Gasteiger partial charge is 0.307 e. The van der Waals surface area contributed by atoms with Crippen molar-refractivity contribution >= 4 is 11.9 Å². The molecule has 176 valence electrons. The van der Waals surface area contributed by atoms with Crippen LogP contribution in [0.2, 0.25) is 0 Å². The highest BCUT2D eigenvalue weighted by Crippen LogP contribution is 2.42. The van der Waals surface area contributed by atoms with Gasteiger partial charge in [-0.2, -0.15) is 5.10 Å². The normalized spacial score (nSPS) is 14.2. The Morgan fingerprint density at radius 2 is 2.00 bits per heavy atom. The molecule has 1 N–H and O–H groups in total. The van der Waals surface area contributed by atoms with Crippen LogP contribution in [-0.4, -0.2) is 51.9 Å². The second-order valence-electron chi connectivity index (χ2n) is 8.51. The van der Waals surface area contributed by atoms with Gasteiger partial charge < -0.3 is 14.8 Å². The number of ether oxygens (including phenoxy) is 2. The van der Waals surface area contributed by atoms with Gasteiger partial charge in [0.15, 0.2) is 0 Å². The number of nitrogens with zero attached hydrogens (tertiary/aromatic N) is 4. The van der Waals surface area contributed by atoms with Gasteiger partial charge in [-0.25, -0.2) is 14.6 Å². The minimum Gasteiger partial charge on any atom is -0.497 e. The zero-order valence-corrected chi connectivity index (χ0v) is 19.3. The summed E-state index contributed by atoms with van der Waals surface area (Å²) in [5.74, 6) is 0.874. The molecule has 9 nitrogen and oxygen atoms in total. The first kappa shape index (κ1) is 22.1. The molecule has 2 aliphatic rings. The monoisotopic (exact) mass is 461 g/mol. The summed E-state index contributed by atoms with van der Waals surface area (Å²) in [5, 5.41) is 7.30. The van der Waals surface area contributed by atoms with Crippen molar-refractivity contribution in [2.75, 3.05) is 20.3 Å². The summed E-state index contributed by atoms with van der Waals surface area (Å²) in [6.45, 7) is 2.29. The van der Waals surface area contributed by atoms with Crippen LogP contribution in [-0.2, 0) is 22.4 Å². The number of rotatable bonds is 8. The minimum atomic E-state index is -0.333. The average Bonchev–Trinajstić information content (AvgIpc) is 3.60. The number of fused-ring (bicyclic) bond motifs is 3. The predicted octanol–water partition coefficient (Wildman–Crippen LogP) is 3.00. The first-order valence-electron chi connectivity index (χ1n) is 11.6. The van der Waals surface area contributed by atoms with Crippen LogP contribution >= 0.6 is 0 Å². The van der Waals surface area contributed by atoms with Gasteiger partial charge in [0.05, 0.1) is 43.3 Å². The van der Waals surface area contributed by atoms with Gasteiger partial charge in [-0.15, -0.1) is 0 Å². The number of esters is 1. The quantitative estimate of drug-likeness (QED) is 0.514. The highest BCUT2D eigenvalue weighted by molar-refractivity contribution is 5.95. The maximum atomic E-state index is 12.9. The maximum Gasteiger partial charge on any atom is 0.307 e. The molecule has 2 aliphatic carbocycles. The number of aryl methyl sites for hydroxylation is 2. The van der Waals surface area contributed by atoms with Crippen molar-refractivity contribution in [3.63, 3.8) is 0 Å². The van der Waals surface area contributed by atoms with Crippen molar-refractivity contribution < 1.29 is 19.1 Å². The number of hydrogen-bond donors (Lipinski definition) is 1. The number of benzene rings is 1. The lowest BCUT2D eigenvalue weighted by molar-refractivity contribution is -0.142. The molecular formula is C25H27N5O4. The molecule has 3 aromatic rings. The van der Waals surface area contributed by atoms with Gasteiger partial charge in [-0.05, 0) is 55.9 Å². The number of nitrogens with one attached hydrogen (secondary N) is 1. The second kappa shape index (κ2) is 9.24. The SMILES string of the molecule is CCOC(=O)CCNC(=O)c1cnn(-c2ncc3c(n2)-c2cc(OC)ccc2CC3)c1C1CC1. The first-order chi connectivity index (χ1) is 16.6. The summed E-state index contributed by atoms with van der Waals surface area (Å²) >= 11 is 0. The van der Waals surface area contributed by atoms with Crippen molar-refractivity contribution in [1.29, 1.82) is 0 Å². The summed E-state index contributed by atoms with van der Waals surface area (Å²) in [6.07, 6.45) is 7.32. The molecule has 9 heteroatoms. The topological polar surface area (TPSA) is 108 Å². The average molecular weight is 462 g/mol. The third-order valence-electron chi connectivity index (χ3n) is 6.21. The van der Waals surface area contributed by atoms with Crippen LogP contribution in [0, 0.1) is 0 Å². The predicted molar refractivity (Wildman–Crippen MR) is 124 cm³/mol. The van der Waals surface area contributed by atoms with Crippen LogP contribution < -0.4 is 10.1 Å². The minimum absolute atomic E-state index is 0.128. The molecule has 1 saturated carbocycles. The number of hydrogen-bond acceptors (Lipinski definition) is 7. The zero-order chi connectivity index (χ0) is 23.7. The van der Waals surface area contributed by atoms with E-state index < -0.39 is 0 Å². The summed E-state index contributed by atoms with van der Waals surface area (Å²) in [5.41, 5.74) is 5.54. The van der Waals surface area contributed by atoms with Crippen molar-refractivity contribution in [3.8, 4) is 23.0 Å². The Bertz CT molecular complexity index is 1250. The lowest BCUT2D eigenvalue weighted by Crippen LogP contribution is -2.27. The highest BCUT2D eigenvalue weighted by atomic mass is 16.5. The number of carbonyl (C=O) groups excluding carboxylic acids is 2. The Morgan fingerprint density at radius 3 is 2.76 bits per heavy atom.